The zero-order chi connectivity index (χ0) is 19.9. The number of amides is 1. The van der Waals surface area contributed by atoms with Gasteiger partial charge in [0.1, 0.15) is 0 Å². The van der Waals surface area contributed by atoms with E-state index in [1.807, 2.05) is 0 Å². The van der Waals surface area contributed by atoms with Crippen LogP contribution < -0.4 is 10.0 Å². The van der Waals surface area contributed by atoms with Gasteiger partial charge < -0.3 is 10.4 Å². The van der Waals surface area contributed by atoms with Gasteiger partial charge in [0, 0.05) is 23.9 Å². The van der Waals surface area contributed by atoms with Crippen molar-refractivity contribution < 1.29 is 23.1 Å². The summed E-state index contributed by atoms with van der Waals surface area (Å²) in [7, 11) is -3.93. The molecule has 0 aliphatic carbocycles. The molecule has 0 unspecified atom stereocenters. The van der Waals surface area contributed by atoms with E-state index < -0.39 is 21.9 Å². The number of carboxylic acid groups (broad SMARTS) is 1. The Morgan fingerprint density at radius 3 is 2.56 bits per heavy atom. The van der Waals surface area contributed by atoms with Gasteiger partial charge in [-0.2, -0.15) is 0 Å². The first-order valence-corrected chi connectivity index (χ1v) is 9.33. The van der Waals surface area contributed by atoms with Gasteiger partial charge in [-0.15, -0.1) is 6.58 Å². The van der Waals surface area contributed by atoms with Crippen LogP contribution in [0.1, 0.15) is 15.9 Å². The van der Waals surface area contributed by atoms with Crippen LogP contribution in [0.4, 0.5) is 5.69 Å². The van der Waals surface area contributed by atoms with Crippen LogP contribution in [0.5, 0.6) is 0 Å². The van der Waals surface area contributed by atoms with Gasteiger partial charge in [0.15, 0.2) is 0 Å². The van der Waals surface area contributed by atoms with Crippen LogP contribution in [-0.4, -0.2) is 31.9 Å². The summed E-state index contributed by atoms with van der Waals surface area (Å²) in [5.41, 5.74) is 0.997. The monoisotopic (exact) mass is 386 g/mol. The first-order chi connectivity index (χ1) is 12.8. The maximum absolute atomic E-state index is 12.6. The second-order valence-electron chi connectivity index (χ2n) is 5.43. The SMILES string of the molecule is C=CCNC(=O)c1cccc(S(=O)(=O)Nc2cccc(/C=C/C(=O)O)c2)c1. The average molecular weight is 386 g/mol. The summed E-state index contributed by atoms with van der Waals surface area (Å²) in [5, 5.41) is 11.2. The molecule has 7 nitrogen and oxygen atoms in total. The van der Waals surface area contributed by atoms with Gasteiger partial charge in [0.2, 0.25) is 0 Å². The number of hydrogen-bond donors (Lipinski definition) is 3. The largest absolute Gasteiger partial charge is 0.478 e. The molecule has 0 bridgehead atoms. The lowest BCUT2D eigenvalue weighted by Crippen LogP contribution is -2.23. The fraction of sp³-hybridized carbons (Fsp3) is 0.0526. The van der Waals surface area contributed by atoms with Crippen LogP contribution in [0.3, 0.4) is 0 Å². The number of sulfonamides is 1. The van der Waals surface area contributed by atoms with Gasteiger partial charge >= 0.3 is 5.97 Å². The number of carbonyl (C=O) groups excluding carboxylic acids is 1. The first kappa shape index (κ1) is 19.9. The van der Waals surface area contributed by atoms with Gasteiger partial charge in [-0.25, -0.2) is 13.2 Å². The fourth-order valence-corrected chi connectivity index (χ4v) is 3.25. The van der Waals surface area contributed by atoms with E-state index in [9.17, 15) is 18.0 Å². The van der Waals surface area contributed by atoms with E-state index in [0.29, 0.717) is 5.56 Å². The number of rotatable bonds is 8. The number of nitrogens with one attached hydrogen (secondary N) is 2. The highest BCUT2D eigenvalue weighted by Crippen LogP contribution is 2.19. The summed E-state index contributed by atoms with van der Waals surface area (Å²) in [6.45, 7) is 3.77. The van der Waals surface area contributed by atoms with Crippen molar-refractivity contribution in [3.63, 3.8) is 0 Å². The molecule has 2 aromatic rings. The third-order valence-electron chi connectivity index (χ3n) is 3.37. The minimum absolute atomic E-state index is 0.0692. The minimum Gasteiger partial charge on any atom is -0.478 e. The maximum atomic E-state index is 12.6. The van der Waals surface area contributed by atoms with Crippen LogP contribution >= 0.6 is 0 Å². The van der Waals surface area contributed by atoms with Crippen molar-refractivity contribution in [1.29, 1.82) is 0 Å². The summed E-state index contributed by atoms with van der Waals surface area (Å²) in [4.78, 5) is 22.5. The van der Waals surface area contributed by atoms with Gasteiger partial charge in [0.25, 0.3) is 15.9 Å². The predicted molar refractivity (Wildman–Crippen MR) is 103 cm³/mol. The Labute approximate surface area is 157 Å². The normalized spacial score (nSPS) is 11.1. The zero-order valence-corrected chi connectivity index (χ0v) is 15.1. The Hall–Kier alpha value is -3.39. The molecule has 140 valence electrons. The fourth-order valence-electron chi connectivity index (χ4n) is 2.16. The first-order valence-electron chi connectivity index (χ1n) is 7.85. The molecule has 0 saturated heterocycles. The summed E-state index contributed by atoms with van der Waals surface area (Å²) < 4.78 is 27.6. The van der Waals surface area contributed by atoms with E-state index in [0.717, 1.165) is 6.08 Å². The van der Waals surface area contributed by atoms with Crippen molar-refractivity contribution in [3.8, 4) is 0 Å². The Bertz CT molecular complexity index is 997. The lowest BCUT2D eigenvalue weighted by atomic mass is 10.2. The molecule has 27 heavy (non-hydrogen) atoms. The van der Waals surface area contributed by atoms with Crippen molar-refractivity contribution in [2.75, 3.05) is 11.3 Å². The molecule has 0 aromatic heterocycles. The topological polar surface area (TPSA) is 113 Å². The molecule has 0 atom stereocenters. The number of carboxylic acids is 1. The molecular weight excluding hydrogens is 368 g/mol. The molecule has 1 amide bonds. The zero-order valence-electron chi connectivity index (χ0n) is 14.3. The highest BCUT2D eigenvalue weighted by atomic mass is 32.2. The number of anilines is 1. The molecule has 2 aromatic carbocycles. The van der Waals surface area contributed by atoms with Crippen molar-refractivity contribution in [3.05, 3.63) is 78.4 Å². The number of aliphatic carboxylic acids is 1. The summed E-state index contributed by atoms with van der Waals surface area (Å²) in [6.07, 6.45) is 3.83. The Morgan fingerprint density at radius 1 is 1.11 bits per heavy atom. The molecule has 0 radical (unpaired) electrons. The highest BCUT2D eigenvalue weighted by molar-refractivity contribution is 7.92. The molecule has 0 spiro atoms. The molecule has 2 rings (SSSR count). The molecule has 0 heterocycles. The predicted octanol–water partition coefficient (Wildman–Crippen LogP) is 2.50. The summed E-state index contributed by atoms with van der Waals surface area (Å²) >= 11 is 0. The Morgan fingerprint density at radius 2 is 1.85 bits per heavy atom. The van der Waals surface area contributed by atoms with E-state index in [4.69, 9.17) is 5.11 Å². The lowest BCUT2D eigenvalue weighted by Gasteiger charge is -2.10. The Balaban J connectivity index is 2.24. The second kappa shape index (κ2) is 8.81. The van der Waals surface area contributed by atoms with Gasteiger partial charge in [-0.1, -0.05) is 24.3 Å². The minimum atomic E-state index is -3.93. The number of hydrogen-bond acceptors (Lipinski definition) is 4. The van der Waals surface area contributed by atoms with E-state index in [1.165, 1.54) is 48.6 Å². The summed E-state index contributed by atoms with van der Waals surface area (Å²) in [5.74, 6) is -1.51. The molecule has 0 aliphatic heterocycles. The molecular formula is C19H18N2O5S. The third kappa shape index (κ3) is 5.82. The smallest absolute Gasteiger partial charge is 0.328 e. The van der Waals surface area contributed by atoms with E-state index >= 15 is 0 Å². The Kier molecular flexibility index (Phi) is 6.51. The molecule has 0 saturated carbocycles. The summed E-state index contributed by atoms with van der Waals surface area (Å²) in [6, 6.07) is 11.9. The molecule has 0 aliphatic rings. The van der Waals surface area contributed by atoms with Crippen LogP contribution in [0.15, 0.2) is 72.2 Å². The third-order valence-corrected chi connectivity index (χ3v) is 4.75. The van der Waals surface area contributed by atoms with Crippen LogP contribution in [0.25, 0.3) is 6.08 Å². The van der Waals surface area contributed by atoms with Crippen LogP contribution in [0.2, 0.25) is 0 Å². The molecule has 3 N–H and O–H groups in total. The number of carbonyl (C=O) groups is 2. The van der Waals surface area contributed by atoms with Crippen molar-refractivity contribution >= 4 is 33.7 Å². The van der Waals surface area contributed by atoms with Crippen molar-refractivity contribution in [2.45, 2.75) is 4.90 Å². The van der Waals surface area contributed by atoms with E-state index in [2.05, 4.69) is 16.6 Å². The van der Waals surface area contributed by atoms with Gasteiger partial charge in [0.05, 0.1) is 4.90 Å². The van der Waals surface area contributed by atoms with Crippen molar-refractivity contribution in [1.82, 2.24) is 5.32 Å². The van der Waals surface area contributed by atoms with Crippen LogP contribution in [-0.2, 0) is 14.8 Å². The van der Waals surface area contributed by atoms with Gasteiger partial charge in [-0.3, -0.25) is 9.52 Å². The van der Waals surface area contributed by atoms with E-state index in [1.54, 1.807) is 12.1 Å². The number of benzene rings is 2. The molecule has 8 heteroatoms. The second-order valence-corrected chi connectivity index (χ2v) is 7.11. The lowest BCUT2D eigenvalue weighted by molar-refractivity contribution is -0.131. The molecule has 0 fully saturated rings. The van der Waals surface area contributed by atoms with Gasteiger partial charge in [-0.05, 0) is 42.0 Å². The van der Waals surface area contributed by atoms with Crippen molar-refractivity contribution in [2.24, 2.45) is 0 Å². The average Bonchev–Trinajstić information content (AvgIpc) is 2.64. The maximum Gasteiger partial charge on any atom is 0.328 e. The quantitative estimate of drug-likeness (QED) is 0.477. The van der Waals surface area contributed by atoms with Crippen LogP contribution in [0, 0.1) is 0 Å². The van der Waals surface area contributed by atoms with E-state index in [-0.39, 0.29) is 22.7 Å². The highest BCUT2D eigenvalue weighted by Gasteiger charge is 2.16. The standard InChI is InChI=1S/C19H18N2O5S/c1-2-11-20-19(24)15-6-4-8-17(13-15)27(25,26)21-16-7-3-5-14(12-16)9-10-18(22)23/h2-10,12-13,21H,1,11H2,(H,20,24)(H,22,23)/b10-9+.